The summed E-state index contributed by atoms with van der Waals surface area (Å²) in [7, 11) is 0. The second-order valence-corrected chi connectivity index (χ2v) is 7.02. The molecule has 0 amide bonds. The predicted octanol–water partition coefficient (Wildman–Crippen LogP) is 2.25. The van der Waals surface area contributed by atoms with Gasteiger partial charge in [-0.1, -0.05) is 0 Å². The van der Waals surface area contributed by atoms with E-state index in [1.807, 2.05) is 0 Å². The lowest BCUT2D eigenvalue weighted by Crippen LogP contribution is -2.35. The van der Waals surface area contributed by atoms with E-state index < -0.39 is 0 Å². The zero-order valence-electron chi connectivity index (χ0n) is 12.2. The van der Waals surface area contributed by atoms with Crippen LogP contribution in [0, 0.1) is 0 Å². The van der Waals surface area contributed by atoms with Crippen LogP contribution < -0.4 is 5.32 Å². The molecule has 19 heavy (non-hydrogen) atoms. The van der Waals surface area contributed by atoms with E-state index in [-0.39, 0.29) is 5.54 Å². The first-order valence-corrected chi connectivity index (χ1v) is 7.89. The minimum Gasteiger partial charge on any atom is -0.380 e. The lowest BCUT2D eigenvalue weighted by atomic mass is 10.1. The fraction of sp³-hybridized carbons (Fsp3) is 0.786. The molecule has 0 atom stereocenters. The van der Waals surface area contributed by atoms with E-state index in [1.54, 1.807) is 11.3 Å². The van der Waals surface area contributed by atoms with Gasteiger partial charge in [-0.2, -0.15) is 0 Å². The van der Waals surface area contributed by atoms with Crippen LogP contribution in [-0.2, 0) is 17.8 Å². The van der Waals surface area contributed by atoms with Crippen molar-refractivity contribution in [3.8, 4) is 0 Å². The largest absolute Gasteiger partial charge is 0.380 e. The molecule has 1 fully saturated rings. The van der Waals surface area contributed by atoms with Crippen LogP contribution in [0.15, 0.2) is 5.38 Å². The van der Waals surface area contributed by atoms with Crippen molar-refractivity contribution >= 4 is 11.3 Å². The van der Waals surface area contributed by atoms with Crippen LogP contribution in [0.5, 0.6) is 0 Å². The fourth-order valence-corrected chi connectivity index (χ4v) is 2.75. The zero-order valence-corrected chi connectivity index (χ0v) is 13.1. The van der Waals surface area contributed by atoms with Gasteiger partial charge in [0, 0.05) is 43.7 Å². The molecule has 0 spiro atoms. The van der Waals surface area contributed by atoms with Crippen molar-refractivity contribution < 1.29 is 4.74 Å². The third kappa shape index (κ3) is 5.57. The van der Waals surface area contributed by atoms with Crippen molar-refractivity contribution in [2.45, 2.75) is 45.8 Å². The van der Waals surface area contributed by atoms with Crippen LogP contribution in [0.4, 0.5) is 0 Å². The summed E-state index contributed by atoms with van der Waals surface area (Å²) in [4.78, 5) is 7.15. The molecule has 5 heteroatoms. The number of nitrogens with one attached hydrogen (secondary N) is 1. The monoisotopic (exact) mass is 283 g/mol. The Labute approximate surface area is 120 Å². The smallest absolute Gasteiger partial charge is 0.107 e. The van der Waals surface area contributed by atoms with Gasteiger partial charge >= 0.3 is 0 Å². The van der Waals surface area contributed by atoms with E-state index in [1.165, 1.54) is 10.7 Å². The molecule has 0 bridgehead atoms. The average Bonchev–Trinajstić information content (AvgIpc) is 2.61. The van der Waals surface area contributed by atoms with Crippen molar-refractivity contribution in [2.75, 3.05) is 26.3 Å². The molecule has 4 nitrogen and oxygen atoms in total. The van der Waals surface area contributed by atoms with Gasteiger partial charge in [0.2, 0.25) is 0 Å². The normalized spacial score (nSPS) is 18.5. The lowest BCUT2D eigenvalue weighted by molar-refractivity contribution is 0.140. The summed E-state index contributed by atoms with van der Waals surface area (Å²) < 4.78 is 5.47. The molecule has 0 aliphatic carbocycles. The maximum Gasteiger partial charge on any atom is 0.107 e. The number of rotatable bonds is 4. The molecule has 2 heterocycles. The zero-order chi connectivity index (χ0) is 13.7. The van der Waals surface area contributed by atoms with E-state index in [0.29, 0.717) is 0 Å². The highest BCUT2D eigenvalue weighted by Gasteiger charge is 2.13. The van der Waals surface area contributed by atoms with Crippen molar-refractivity contribution in [3.05, 3.63) is 16.1 Å². The summed E-state index contributed by atoms with van der Waals surface area (Å²) in [5, 5.41) is 6.84. The highest BCUT2D eigenvalue weighted by Crippen LogP contribution is 2.14. The Morgan fingerprint density at radius 3 is 3.00 bits per heavy atom. The second-order valence-electron chi connectivity index (χ2n) is 6.08. The van der Waals surface area contributed by atoms with Gasteiger partial charge in [-0.15, -0.1) is 11.3 Å². The Bertz CT molecular complexity index is 378. The van der Waals surface area contributed by atoms with E-state index in [2.05, 4.69) is 36.4 Å². The number of hydrogen-bond acceptors (Lipinski definition) is 5. The third-order valence-electron chi connectivity index (χ3n) is 3.07. The maximum absolute atomic E-state index is 5.47. The summed E-state index contributed by atoms with van der Waals surface area (Å²) >= 11 is 1.75. The molecule has 108 valence electrons. The molecule has 0 saturated carbocycles. The maximum atomic E-state index is 5.47. The van der Waals surface area contributed by atoms with E-state index in [0.717, 1.165) is 45.8 Å². The molecule has 1 aromatic heterocycles. The Balaban J connectivity index is 1.82. The summed E-state index contributed by atoms with van der Waals surface area (Å²) in [5.41, 5.74) is 1.34. The molecule has 0 aromatic carbocycles. The van der Waals surface area contributed by atoms with Crippen molar-refractivity contribution in [2.24, 2.45) is 0 Å². The Morgan fingerprint density at radius 1 is 1.37 bits per heavy atom. The van der Waals surface area contributed by atoms with Crippen LogP contribution in [0.3, 0.4) is 0 Å². The summed E-state index contributed by atoms with van der Waals surface area (Å²) in [6, 6.07) is 0. The number of nitrogens with zero attached hydrogens (tertiary/aromatic N) is 2. The molecule has 1 N–H and O–H groups in total. The molecule has 1 saturated heterocycles. The van der Waals surface area contributed by atoms with Crippen LogP contribution in [0.1, 0.15) is 37.9 Å². The molecular weight excluding hydrogens is 258 g/mol. The van der Waals surface area contributed by atoms with Gasteiger partial charge in [0.1, 0.15) is 5.01 Å². The standard InChI is InChI=1S/C14H25N3OS/c1-14(2,3)15-9-13-16-12(11-19-13)10-17-5-4-7-18-8-6-17/h11,15H,4-10H2,1-3H3. The van der Waals surface area contributed by atoms with Crippen LogP contribution >= 0.6 is 11.3 Å². The summed E-state index contributed by atoms with van der Waals surface area (Å²) in [5.74, 6) is 0. The van der Waals surface area contributed by atoms with Crippen LogP contribution in [-0.4, -0.2) is 41.7 Å². The topological polar surface area (TPSA) is 37.4 Å². The second kappa shape index (κ2) is 6.79. The molecular formula is C14H25N3OS. The first-order valence-electron chi connectivity index (χ1n) is 7.01. The first-order chi connectivity index (χ1) is 9.03. The van der Waals surface area contributed by atoms with E-state index in [4.69, 9.17) is 9.72 Å². The Morgan fingerprint density at radius 2 is 2.21 bits per heavy atom. The number of aromatic nitrogens is 1. The van der Waals surface area contributed by atoms with Gasteiger partial charge < -0.3 is 10.1 Å². The van der Waals surface area contributed by atoms with E-state index in [9.17, 15) is 0 Å². The summed E-state index contributed by atoms with van der Waals surface area (Å²) in [6.45, 7) is 12.2. The Kier molecular flexibility index (Phi) is 5.33. The highest BCUT2D eigenvalue weighted by atomic mass is 32.1. The van der Waals surface area contributed by atoms with E-state index >= 15 is 0 Å². The fourth-order valence-electron chi connectivity index (χ4n) is 2.03. The number of thiazole rings is 1. The molecule has 0 radical (unpaired) electrons. The quantitative estimate of drug-likeness (QED) is 0.920. The molecule has 1 aliphatic rings. The van der Waals surface area contributed by atoms with Gasteiger partial charge in [-0.3, -0.25) is 4.90 Å². The molecule has 2 rings (SSSR count). The lowest BCUT2D eigenvalue weighted by Gasteiger charge is -2.19. The van der Waals surface area contributed by atoms with Gasteiger partial charge in [0.15, 0.2) is 0 Å². The number of ether oxygens (including phenoxy) is 1. The van der Waals surface area contributed by atoms with Gasteiger partial charge in [-0.05, 0) is 27.2 Å². The van der Waals surface area contributed by atoms with Crippen LogP contribution in [0.25, 0.3) is 0 Å². The average molecular weight is 283 g/mol. The van der Waals surface area contributed by atoms with Crippen molar-refractivity contribution in [1.29, 1.82) is 0 Å². The molecule has 0 unspecified atom stereocenters. The number of hydrogen-bond donors (Lipinski definition) is 1. The highest BCUT2D eigenvalue weighted by molar-refractivity contribution is 7.09. The van der Waals surface area contributed by atoms with Gasteiger partial charge in [0.25, 0.3) is 0 Å². The predicted molar refractivity (Wildman–Crippen MR) is 79.4 cm³/mol. The summed E-state index contributed by atoms with van der Waals surface area (Å²) in [6.07, 6.45) is 1.13. The first kappa shape index (κ1) is 14.9. The minimum atomic E-state index is 0.147. The molecule has 1 aromatic rings. The SMILES string of the molecule is CC(C)(C)NCc1nc(CN2CCCOCC2)cs1. The van der Waals surface area contributed by atoms with Crippen molar-refractivity contribution in [3.63, 3.8) is 0 Å². The third-order valence-corrected chi connectivity index (χ3v) is 3.97. The van der Waals surface area contributed by atoms with Crippen molar-refractivity contribution in [1.82, 2.24) is 15.2 Å². The Hall–Kier alpha value is -0.490. The van der Waals surface area contributed by atoms with Gasteiger partial charge in [0.05, 0.1) is 12.3 Å². The van der Waals surface area contributed by atoms with Crippen LogP contribution in [0.2, 0.25) is 0 Å². The van der Waals surface area contributed by atoms with Gasteiger partial charge in [-0.25, -0.2) is 4.98 Å². The molecule has 1 aliphatic heterocycles. The minimum absolute atomic E-state index is 0.147.